The lowest BCUT2D eigenvalue weighted by Crippen LogP contribution is -2.33. The van der Waals surface area contributed by atoms with Crippen molar-refractivity contribution in [1.82, 2.24) is 9.47 Å². The number of hydrogen-bond acceptors (Lipinski definition) is 6. The lowest BCUT2D eigenvalue weighted by molar-refractivity contribution is 0.494. The molecule has 1 fully saturated rings. The van der Waals surface area contributed by atoms with E-state index in [0.29, 0.717) is 12.5 Å². The second-order valence-electron chi connectivity index (χ2n) is 13.5. The average Bonchev–Trinajstić information content (AvgIpc) is 3.44. The molecule has 0 bridgehead atoms. The van der Waals surface area contributed by atoms with Crippen molar-refractivity contribution in [3.8, 4) is 11.1 Å². The fraction of sp³-hybridized carbons (Fsp3) is 0.317. The van der Waals surface area contributed by atoms with Crippen molar-refractivity contribution in [2.24, 2.45) is 4.99 Å². The Labute approximate surface area is 304 Å². The van der Waals surface area contributed by atoms with Gasteiger partial charge in [0.25, 0.3) is 0 Å². The summed E-state index contributed by atoms with van der Waals surface area (Å²) in [5, 5.41) is 3.24. The van der Waals surface area contributed by atoms with Crippen LogP contribution in [0.5, 0.6) is 0 Å². The number of fused-ring (bicyclic) bond motifs is 2. The summed E-state index contributed by atoms with van der Waals surface area (Å²) in [5.41, 5.74) is 10.5. The molecule has 49 heavy (non-hydrogen) atoms. The first-order valence-corrected chi connectivity index (χ1v) is 19.0. The molecule has 8 heteroatoms. The third kappa shape index (κ3) is 7.09. The minimum atomic E-state index is 0.402. The minimum Gasteiger partial charge on any atom is -0.439 e. The number of thiocarbonyl (C=S) groups is 1. The van der Waals surface area contributed by atoms with Crippen molar-refractivity contribution in [3.63, 3.8) is 0 Å². The Morgan fingerprint density at radius 3 is 2.55 bits per heavy atom. The molecule has 1 aromatic carbocycles. The molecule has 4 heterocycles. The highest BCUT2D eigenvalue weighted by atomic mass is 32.1. The molecule has 1 saturated carbocycles. The SMILES string of the molecule is C=C1C=C(CC(=C)c2ccc(-c3csc4c(=S)cc(N(CCC)CCC5=C[CH]5)oc34)cc2)N=c2c(cc(C(=S)N(C)C)n2C2CCCC2)=C1. The highest BCUT2D eigenvalue weighted by molar-refractivity contribution is 7.80. The van der Waals surface area contributed by atoms with Gasteiger partial charge in [-0.1, -0.05) is 93.3 Å². The van der Waals surface area contributed by atoms with Crippen LogP contribution in [-0.2, 0) is 0 Å². The zero-order valence-corrected chi connectivity index (χ0v) is 31.1. The second kappa shape index (κ2) is 14.2. The molecular weight excluding hydrogens is 661 g/mol. The largest absolute Gasteiger partial charge is 0.439 e. The lowest BCUT2D eigenvalue weighted by atomic mass is 9.99. The highest BCUT2D eigenvalue weighted by Crippen LogP contribution is 2.38. The Morgan fingerprint density at radius 1 is 1.10 bits per heavy atom. The summed E-state index contributed by atoms with van der Waals surface area (Å²) in [6, 6.07) is 13.3. The summed E-state index contributed by atoms with van der Waals surface area (Å²) in [6.07, 6.45) is 16.0. The summed E-state index contributed by atoms with van der Waals surface area (Å²) in [6.45, 7) is 12.9. The Hall–Kier alpha value is -3.85. The minimum absolute atomic E-state index is 0.402. The van der Waals surface area contributed by atoms with Gasteiger partial charge in [0.1, 0.15) is 10.5 Å². The molecule has 4 aromatic rings. The van der Waals surface area contributed by atoms with E-state index in [2.05, 4.69) is 89.9 Å². The standard InChI is InChI=1S/C41H43N4OS3/c1-6-18-44(19-17-28-11-12-28)37-24-36(47)39-38(46-37)34(25-49-39)30-15-13-29(14-16-30)27(3)22-32-21-26(2)20-31-23-35(41(48)43(4)5)45(40(31)42-32)33-9-7-8-10-33/h11-16,20-21,23-25,33H,2-3,6-10,17-19,22H2,1,4-5H3. The predicted octanol–water partition coefficient (Wildman–Crippen LogP) is 9.75. The number of rotatable bonds is 12. The third-order valence-electron chi connectivity index (χ3n) is 9.60. The van der Waals surface area contributed by atoms with E-state index in [4.69, 9.17) is 33.8 Å². The summed E-state index contributed by atoms with van der Waals surface area (Å²) in [4.78, 5) is 10.5. The lowest BCUT2D eigenvalue weighted by Gasteiger charge is -2.22. The maximum atomic E-state index is 6.62. The highest BCUT2D eigenvalue weighted by Gasteiger charge is 2.24. The van der Waals surface area contributed by atoms with Gasteiger partial charge in [0.05, 0.1) is 14.9 Å². The fourth-order valence-corrected chi connectivity index (χ4v) is 8.39. The molecular formula is C41H43N4OS3. The Balaban J connectivity index is 1.16. The van der Waals surface area contributed by atoms with Crippen molar-refractivity contribution in [2.45, 2.75) is 57.9 Å². The molecule has 1 aliphatic heterocycles. The molecule has 3 aliphatic rings. The van der Waals surface area contributed by atoms with Gasteiger partial charge in [-0.2, -0.15) is 0 Å². The van der Waals surface area contributed by atoms with Gasteiger partial charge in [0.2, 0.25) is 0 Å². The molecule has 0 saturated heterocycles. The van der Waals surface area contributed by atoms with E-state index in [1.54, 1.807) is 11.3 Å². The maximum absolute atomic E-state index is 6.62. The molecule has 0 atom stereocenters. The van der Waals surface area contributed by atoms with Crippen LogP contribution >= 0.6 is 35.8 Å². The van der Waals surface area contributed by atoms with Crippen LogP contribution in [0.1, 0.15) is 69.2 Å². The number of anilines is 1. The van der Waals surface area contributed by atoms with Crippen LogP contribution < -0.4 is 15.6 Å². The van der Waals surface area contributed by atoms with Crippen molar-refractivity contribution < 1.29 is 4.42 Å². The maximum Gasteiger partial charge on any atom is 0.197 e. The molecule has 251 valence electrons. The van der Waals surface area contributed by atoms with Crippen molar-refractivity contribution in [3.05, 3.63) is 117 Å². The Bertz CT molecular complexity index is 2200. The average molecular weight is 704 g/mol. The van der Waals surface area contributed by atoms with Crippen molar-refractivity contribution >= 4 is 68.6 Å². The van der Waals surface area contributed by atoms with Crippen LogP contribution in [0, 0.1) is 10.9 Å². The van der Waals surface area contributed by atoms with Crippen LogP contribution in [0.3, 0.4) is 0 Å². The van der Waals surface area contributed by atoms with Crippen molar-refractivity contribution in [1.29, 1.82) is 0 Å². The summed E-state index contributed by atoms with van der Waals surface area (Å²) >= 11 is 13.4. The second-order valence-corrected chi connectivity index (χ2v) is 15.2. The van der Waals surface area contributed by atoms with Gasteiger partial charge in [-0.05, 0) is 66.2 Å². The van der Waals surface area contributed by atoms with Gasteiger partial charge in [-0.25, -0.2) is 4.99 Å². The van der Waals surface area contributed by atoms with Gasteiger partial charge in [-0.3, -0.25) is 0 Å². The smallest absolute Gasteiger partial charge is 0.197 e. The van der Waals surface area contributed by atoms with Gasteiger partial charge < -0.3 is 18.8 Å². The van der Waals surface area contributed by atoms with E-state index in [9.17, 15) is 0 Å². The van der Waals surface area contributed by atoms with Gasteiger partial charge in [0, 0.05) is 74.0 Å². The summed E-state index contributed by atoms with van der Waals surface area (Å²) < 4.78 is 10.9. The zero-order valence-electron chi connectivity index (χ0n) is 28.6. The number of aromatic nitrogens is 1. The topological polar surface area (TPSA) is 36.9 Å². The number of benzene rings is 1. The monoisotopic (exact) mass is 703 g/mol. The van der Waals surface area contributed by atoms with Gasteiger partial charge in [0.15, 0.2) is 11.5 Å². The normalized spacial score (nSPS) is 15.6. The molecule has 5 nitrogen and oxygen atoms in total. The van der Waals surface area contributed by atoms with E-state index >= 15 is 0 Å². The molecule has 1 radical (unpaired) electrons. The van der Waals surface area contributed by atoms with E-state index in [1.165, 1.54) is 18.4 Å². The number of allylic oxidation sites excluding steroid dienone is 4. The molecule has 2 aliphatic carbocycles. The first-order valence-electron chi connectivity index (χ1n) is 17.3. The van der Waals surface area contributed by atoms with E-state index < -0.39 is 0 Å². The molecule has 0 amide bonds. The third-order valence-corrected chi connectivity index (χ3v) is 11.6. The van der Waals surface area contributed by atoms with Crippen molar-refractivity contribution in [2.75, 3.05) is 32.1 Å². The molecule has 0 N–H and O–H groups in total. The van der Waals surface area contributed by atoms with Crippen LogP contribution in [0.15, 0.2) is 93.3 Å². The summed E-state index contributed by atoms with van der Waals surface area (Å²) in [7, 11) is 4.02. The summed E-state index contributed by atoms with van der Waals surface area (Å²) in [5.74, 6) is 0.849. The number of nitrogens with zero attached hydrogens (tertiary/aromatic N) is 4. The van der Waals surface area contributed by atoms with Gasteiger partial charge >= 0.3 is 0 Å². The predicted molar refractivity (Wildman–Crippen MR) is 213 cm³/mol. The van der Waals surface area contributed by atoms with E-state index in [-0.39, 0.29) is 0 Å². The van der Waals surface area contributed by atoms with Crippen LogP contribution in [0.25, 0.3) is 33.1 Å². The number of hydrogen-bond donors (Lipinski definition) is 0. The molecule has 0 spiro atoms. The fourth-order valence-electron chi connectivity index (χ4n) is 6.98. The molecule has 0 unspecified atom stereocenters. The zero-order chi connectivity index (χ0) is 34.2. The van der Waals surface area contributed by atoms with Gasteiger partial charge in [-0.15, -0.1) is 11.3 Å². The van der Waals surface area contributed by atoms with Crippen LogP contribution in [0.4, 0.5) is 5.88 Å². The molecule has 7 rings (SSSR count). The first kappa shape index (κ1) is 33.6. The quantitative estimate of drug-likeness (QED) is 0.137. The number of thiophene rings is 1. The Morgan fingerprint density at radius 2 is 1.86 bits per heavy atom. The van der Waals surface area contributed by atoms with E-state index in [1.807, 2.05) is 25.1 Å². The Kier molecular flexibility index (Phi) is 9.73. The van der Waals surface area contributed by atoms with E-state index in [0.717, 1.165) is 114 Å². The van der Waals surface area contributed by atoms with Crippen LogP contribution in [-0.4, -0.2) is 41.6 Å². The first-order chi connectivity index (χ1) is 23.7. The van der Waals surface area contributed by atoms with Crippen LogP contribution in [0.2, 0.25) is 0 Å². The molecule has 3 aromatic heterocycles.